The summed E-state index contributed by atoms with van der Waals surface area (Å²) in [6, 6.07) is -1.69. The van der Waals surface area contributed by atoms with Crippen LogP contribution in [-0.2, 0) is 19.2 Å². The second-order valence-electron chi connectivity index (χ2n) is 7.71. The highest BCUT2D eigenvalue weighted by Gasteiger charge is 2.43. The monoisotopic (exact) mass is 372 g/mol. The quantitative estimate of drug-likeness (QED) is 0.525. The topological polar surface area (TPSA) is 118 Å². The molecule has 0 aromatic carbocycles. The van der Waals surface area contributed by atoms with Gasteiger partial charge in [0.05, 0.1) is 24.2 Å². The van der Waals surface area contributed by atoms with Gasteiger partial charge < -0.3 is 0 Å². The molecule has 0 aliphatic heterocycles. The predicted octanol–water partition coefficient (Wildman–Crippen LogP) is 2.29. The molecule has 2 aliphatic carbocycles. The first kappa shape index (κ1) is 20.8. The Hall–Kier alpha value is -2.48. The van der Waals surface area contributed by atoms with E-state index in [1.54, 1.807) is 24.3 Å². The Balaban J connectivity index is 2.28. The van der Waals surface area contributed by atoms with Gasteiger partial charge in [-0.15, -0.1) is 0 Å². The summed E-state index contributed by atoms with van der Waals surface area (Å²) in [6.45, 7) is 3.96. The van der Waals surface area contributed by atoms with Crippen molar-refractivity contribution in [3.05, 3.63) is 0 Å². The van der Waals surface area contributed by atoms with Crippen LogP contribution in [0.3, 0.4) is 0 Å². The number of hydrogen-bond donors (Lipinski definition) is 0. The molecule has 0 heterocycles. The first-order valence-corrected chi connectivity index (χ1v) is 9.35. The minimum Gasteiger partial charge on any atom is -0.211 e. The first-order chi connectivity index (χ1) is 13.1. The molecule has 0 N–H and O–H groups in total. The molecule has 27 heavy (non-hydrogen) atoms. The van der Waals surface area contributed by atoms with Crippen molar-refractivity contribution in [1.29, 1.82) is 0 Å². The SMILES string of the molecule is CC1CCC(CC2CCC(C)C(N=C=O)C2N=C=O)C(N=C=O)C1N=C=O. The van der Waals surface area contributed by atoms with Crippen molar-refractivity contribution in [2.24, 2.45) is 43.6 Å². The molecule has 2 rings (SSSR count). The van der Waals surface area contributed by atoms with Crippen LogP contribution in [0.2, 0.25) is 0 Å². The fourth-order valence-electron chi connectivity index (χ4n) is 4.79. The van der Waals surface area contributed by atoms with Gasteiger partial charge in [-0.2, -0.15) is 20.0 Å². The van der Waals surface area contributed by atoms with E-state index in [1.165, 1.54) is 0 Å². The van der Waals surface area contributed by atoms with Crippen LogP contribution in [0.25, 0.3) is 0 Å². The molecule has 8 atom stereocenters. The smallest absolute Gasteiger partial charge is 0.211 e. The Morgan fingerprint density at radius 3 is 1.26 bits per heavy atom. The Bertz CT molecular complexity index is 655. The lowest BCUT2D eigenvalue weighted by Gasteiger charge is -2.41. The highest BCUT2D eigenvalue weighted by Crippen LogP contribution is 2.42. The van der Waals surface area contributed by atoms with E-state index >= 15 is 0 Å². The van der Waals surface area contributed by atoms with E-state index in [4.69, 9.17) is 0 Å². The third-order valence-electron chi connectivity index (χ3n) is 6.23. The van der Waals surface area contributed by atoms with Gasteiger partial charge in [0.2, 0.25) is 24.3 Å². The molecule has 2 aliphatic rings. The third-order valence-corrected chi connectivity index (χ3v) is 6.23. The average Bonchev–Trinajstić information content (AvgIpc) is 2.65. The highest BCUT2D eigenvalue weighted by atomic mass is 16.1. The zero-order chi connectivity index (χ0) is 19.8. The van der Waals surface area contributed by atoms with E-state index < -0.39 is 24.2 Å². The number of isocyanates is 4. The summed E-state index contributed by atoms with van der Waals surface area (Å²) in [6.07, 6.45) is 10.4. The molecule has 0 saturated heterocycles. The molecule has 8 heteroatoms. The minimum absolute atomic E-state index is 0.00775. The third kappa shape index (κ3) is 4.82. The van der Waals surface area contributed by atoms with Crippen LogP contribution in [0.1, 0.15) is 46.0 Å². The van der Waals surface area contributed by atoms with Gasteiger partial charge in [0, 0.05) is 0 Å². The van der Waals surface area contributed by atoms with E-state index in [9.17, 15) is 19.2 Å². The molecule has 0 amide bonds. The zero-order valence-corrected chi connectivity index (χ0v) is 15.6. The van der Waals surface area contributed by atoms with Gasteiger partial charge in [-0.05, 0) is 55.8 Å². The molecule has 0 bridgehead atoms. The summed E-state index contributed by atoms with van der Waals surface area (Å²) >= 11 is 0. The Labute approximate surface area is 158 Å². The lowest BCUT2D eigenvalue weighted by Crippen LogP contribution is -2.45. The molecular weight excluding hydrogens is 348 g/mol. The van der Waals surface area contributed by atoms with Crippen LogP contribution < -0.4 is 0 Å². The maximum absolute atomic E-state index is 11.0. The maximum Gasteiger partial charge on any atom is 0.235 e. The molecular formula is C19H24N4O4. The maximum atomic E-state index is 11.0. The van der Waals surface area contributed by atoms with E-state index in [2.05, 4.69) is 20.0 Å². The van der Waals surface area contributed by atoms with Crippen LogP contribution in [0.15, 0.2) is 20.0 Å². The fourth-order valence-corrected chi connectivity index (χ4v) is 4.79. The van der Waals surface area contributed by atoms with Gasteiger partial charge in [0.1, 0.15) is 0 Å². The fraction of sp³-hybridized carbons (Fsp3) is 0.789. The number of rotatable bonds is 6. The van der Waals surface area contributed by atoms with Crippen LogP contribution in [-0.4, -0.2) is 48.5 Å². The molecule has 0 spiro atoms. The van der Waals surface area contributed by atoms with Gasteiger partial charge in [0.25, 0.3) is 0 Å². The van der Waals surface area contributed by atoms with Gasteiger partial charge in [0.15, 0.2) is 0 Å². The molecule has 8 nitrogen and oxygen atoms in total. The lowest BCUT2D eigenvalue weighted by atomic mass is 9.67. The molecule has 0 aromatic heterocycles. The molecule has 144 valence electrons. The molecule has 0 radical (unpaired) electrons. The van der Waals surface area contributed by atoms with E-state index in [0.29, 0.717) is 6.42 Å². The van der Waals surface area contributed by atoms with Crippen molar-refractivity contribution < 1.29 is 19.2 Å². The van der Waals surface area contributed by atoms with E-state index in [1.807, 2.05) is 13.8 Å². The van der Waals surface area contributed by atoms with Gasteiger partial charge in [-0.1, -0.05) is 13.8 Å². The normalized spacial score (nSPS) is 38.3. The standard InChI is InChI=1S/C19H24N4O4/c1-12-3-5-14(18(22-10-26)16(12)20-8-24)7-15-6-4-13(2)17(21-9-25)19(15)23-11-27/h12-19H,3-7H2,1-2H3. The van der Waals surface area contributed by atoms with Crippen molar-refractivity contribution in [1.82, 2.24) is 0 Å². The number of hydrogen-bond acceptors (Lipinski definition) is 8. The molecule has 2 fully saturated rings. The van der Waals surface area contributed by atoms with E-state index in [0.717, 1.165) is 25.7 Å². The van der Waals surface area contributed by atoms with Crippen LogP contribution >= 0.6 is 0 Å². The van der Waals surface area contributed by atoms with E-state index in [-0.39, 0.29) is 23.7 Å². The second-order valence-corrected chi connectivity index (χ2v) is 7.71. The molecule has 0 aromatic rings. The number of aliphatic imine (C=N–C) groups is 4. The highest BCUT2D eigenvalue weighted by molar-refractivity contribution is 5.37. The molecule has 8 unspecified atom stereocenters. The van der Waals surface area contributed by atoms with Crippen LogP contribution in [0.5, 0.6) is 0 Å². The predicted molar refractivity (Wildman–Crippen MR) is 96.0 cm³/mol. The van der Waals surface area contributed by atoms with Crippen LogP contribution in [0.4, 0.5) is 0 Å². The first-order valence-electron chi connectivity index (χ1n) is 9.35. The van der Waals surface area contributed by atoms with Crippen molar-refractivity contribution in [3.8, 4) is 0 Å². The summed E-state index contributed by atoms with van der Waals surface area (Å²) in [5.74, 6) is 0.251. The zero-order valence-electron chi connectivity index (χ0n) is 15.6. The number of nitrogens with zero attached hydrogens (tertiary/aromatic N) is 4. The van der Waals surface area contributed by atoms with Crippen molar-refractivity contribution in [2.45, 2.75) is 70.1 Å². The van der Waals surface area contributed by atoms with Gasteiger partial charge >= 0.3 is 0 Å². The largest absolute Gasteiger partial charge is 0.235 e. The molecule has 2 saturated carbocycles. The lowest BCUT2D eigenvalue weighted by molar-refractivity contribution is 0.140. The summed E-state index contributed by atoms with van der Waals surface area (Å²) in [4.78, 5) is 59.2. The summed E-state index contributed by atoms with van der Waals surface area (Å²) < 4.78 is 0. The average molecular weight is 372 g/mol. The van der Waals surface area contributed by atoms with Crippen molar-refractivity contribution in [2.75, 3.05) is 0 Å². The van der Waals surface area contributed by atoms with Crippen molar-refractivity contribution >= 4 is 24.3 Å². The second kappa shape index (κ2) is 10.0. The van der Waals surface area contributed by atoms with Crippen molar-refractivity contribution in [3.63, 3.8) is 0 Å². The summed E-state index contributed by atoms with van der Waals surface area (Å²) in [5, 5.41) is 0. The van der Waals surface area contributed by atoms with Crippen LogP contribution in [0, 0.1) is 23.7 Å². The Morgan fingerprint density at radius 2 is 0.926 bits per heavy atom. The summed E-state index contributed by atoms with van der Waals surface area (Å²) in [5.41, 5.74) is 0. The number of carbonyl (C=O) groups excluding carboxylic acids is 4. The Morgan fingerprint density at radius 1 is 0.593 bits per heavy atom. The Kier molecular flexibility index (Phi) is 7.72. The van der Waals surface area contributed by atoms with Gasteiger partial charge in [-0.25, -0.2) is 19.2 Å². The minimum atomic E-state index is -0.444. The summed E-state index contributed by atoms with van der Waals surface area (Å²) in [7, 11) is 0. The van der Waals surface area contributed by atoms with Gasteiger partial charge in [-0.3, -0.25) is 0 Å².